The van der Waals surface area contributed by atoms with Crippen molar-refractivity contribution in [2.75, 3.05) is 0 Å². The number of nitrogens with zero attached hydrogens (tertiary/aromatic N) is 3. The first-order valence-electron chi connectivity index (χ1n) is 17.0. The average molecular weight is 652 g/mol. The number of pyridine rings is 1. The summed E-state index contributed by atoms with van der Waals surface area (Å²) in [4.78, 5) is 10.8. The Labute approximate surface area is 289 Å². The average Bonchev–Trinajstić information content (AvgIpc) is 3.73. The molecule has 4 heterocycles. The van der Waals surface area contributed by atoms with Crippen LogP contribution in [0.15, 0.2) is 152 Å². The van der Waals surface area contributed by atoms with E-state index in [0.29, 0.717) is 0 Å². The summed E-state index contributed by atoms with van der Waals surface area (Å²) in [6.07, 6.45) is 0. The molecule has 0 bridgehead atoms. The van der Waals surface area contributed by atoms with Crippen LogP contribution in [0.25, 0.3) is 113 Å². The van der Waals surface area contributed by atoms with Crippen LogP contribution in [0.2, 0.25) is 0 Å². The van der Waals surface area contributed by atoms with Gasteiger partial charge in [0.2, 0.25) is 0 Å². The van der Waals surface area contributed by atoms with Gasteiger partial charge in [-0.2, -0.15) is 0 Å². The van der Waals surface area contributed by atoms with E-state index in [9.17, 15) is 0 Å². The first kappa shape index (κ1) is 26.6. The lowest BCUT2D eigenvalue weighted by molar-refractivity contribution is 1.23. The molecule has 0 atom stereocenters. The molecule has 0 saturated carbocycles. The molecule has 0 aliphatic heterocycles. The molecule has 0 amide bonds. The number of fused-ring (bicyclic) bond motifs is 11. The first-order valence-corrected chi connectivity index (χ1v) is 17.8. The van der Waals surface area contributed by atoms with E-state index < -0.39 is 0 Å². The summed E-state index contributed by atoms with van der Waals surface area (Å²) < 4.78 is 5.04. The van der Waals surface area contributed by atoms with Gasteiger partial charge in [-0.05, 0) is 51.9 Å². The summed E-state index contributed by atoms with van der Waals surface area (Å²) in [7, 11) is 0. The minimum atomic E-state index is 0.735. The molecule has 8 aromatic carbocycles. The largest absolute Gasteiger partial charge is 0.307 e. The zero-order valence-corrected chi connectivity index (χ0v) is 27.5. The molecule has 12 rings (SSSR count). The third kappa shape index (κ3) is 3.43. The van der Waals surface area contributed by atoms with Gasteiger partial charge in [-0.1, -0.05) is 121 Å². The Balaban J connectivity index is 1.25. The molecule has 230 valence electrons. The highest BCUT2D eigenvalue weighted by molar-refractivity contribution is 7.26. The molecule has 0 N–H and O–H groups in total. The molecule has 4 heteroatoms. The molecule has 0 fully saturated rings. The van der Waals surface area contributed by atoms with Crippen LogP contribution in [0, 0.1) is 0 Å². The van der Waals surface area contributed by atoms with E-state index in [-0.39, 0.29) is 0 Å². The van der Waals surface area contributed by atoms with Gasteiger partial charge < -0.3 is 4.40 Å². The lowest BCUT2D eigenvalue weighted by atomic mass is 9.97. The maximum atomic E-state index is 5.52. The van der Waals surface area contributed by atoms with Crippen molar-refractivity contribution < 1.29 is 0 Å². The smallest absolute Gasteiger partial charge is 0.162 e. The van der Waals surface area contributed by atoms with Crippen molar-refractivity contribution in [1.82, 2.24) is 14.4 Å². The van der Waals surface area contributed by atoms with E-state index in [1.807, 2.05) is 11.3 Å². The molecular weight excluding hydrogens is 627 g/mol. The lowest BCUT2D eigenvalue weighted by Crippen LogP contribution is -1.98. The summed E-state index contributed by atoms with van der Waals surface area (Å²) in [6, 6.07) is 55.1. The molecule has 0 unspecified atom stereocenters. The SMILES string of the molecule is c1ccc2cc3c(cc2c1)c1cccc2ccc4c5cccc(-c6nc(-c7cccc8c7sc7ccccc78)c7ccccc7n6)c5n3c4c21. The second kappa shape index (κ2) is 9.63. The predicted molar refractivity (Wildman–Crippen MR) is 213 cm³/mol. The third-order valence-electron chi connectivity index (χ3n) is 10.7. The Morgan fingerprint density at radius 2 is 1.12 bits per heavy atom. The van der Waals surface area contributed by atoms with Crippen LogP contribution < -0.4 is 0 Å². The highest BCUT2D eigenvalue weighted by Gasteiger charge is 2.23. The van der Waals surface area contributed by atoms with Crippen LogP contribution in [0.5, 0.6) is 0 Å². The Bertz CT molecular complexity index is 3390. The fourth-order valence-corrected chi connectivity index (χ4v) is 9.75. The molecule has 0 aliphatic carbocycles. The molecule has 50 heavy (non-hydrogen) atoms. The number of benzene rings is 8. The van der Waals surface area contributed by atoms with Crippen LogP contribution >= 0.6 is 11.3 Å². The first-order chi connectivity index (χ1) is 24.8. The topological polar surface area (TPSA) is 30.2 Å². The molecular formula is C46H25N3S. The van der Waals surface area contributed by atoms with Gasteiger partial charge in [0.25, 0.3) is 0 Å². The van der Waals surface area contributed by atoms with E-state index in [0.717, 1.165) is 39.1 Å². The molecule has 12 aromatic rings. The number of hydrogen-bond donors (Lipinski definition) is 0. The fraction of sp³-hybridized carbons (Fsp3) is 0. The third-order valence-corrected chi connectivity index (χ3v) is 11.9. The van der Waals surface area contributed by atoms with Crippen LogP contribution in [0.1, 0.15) is 0 Å². The van der Waals surface area contributed by atoms with E-state index in [4.69, 9.17) is 9.97 Å². The van der Waals surface area contributed by atoms with Crippen molar-refractivity contribution in [2.24, 2.45) is 0 Å². The Morgan fingerprint density at radius 1 is 0.440 bits per heavy atom. The second-order valence-electron chi connectivity index (χ2n) is 13.3. The predicted octanol–water partition coefficient (Wildman–Crippen LogP) is 12.8. The summed E-state index contributed by atoms with van der Waals surface area (Å²) in [5.74, 6) is 0.735. The molecule has 0 saturated heterocycles. The van der Waals surface area contributed by atoms with Crippen LogP contribution in [-0.2, 0) is 0 Å². The number of para-hydroxylation sites is 2. The van der Waals surface area contributed by atoms with Crippen molar-refractivity contribution >= 4 is 102 Å². The Morgan fingerprint density at radius 3 is 2.04 bits per heavy atom. The fourth-order valence-electron chi connectivity index (χ4n) is 8.53. The Kier molecular flexibility index (Phi) is 5.12. The highest BCUT2D eigenvalue weighted by Crippen LogP contribution is 2.45. The molecule has 0 spiro atoms. The van der Waals surface area contributed by atoms with Crippen molar-refractivity contribution in [2.45, 2.75) is 0 Å². The van der Waals surface area contributed by atoms with Gasteiger partial charge in [-0.3, -0.25) is 0 Å². The number of thiophene rings is 1. The van der Waals surface area contributed by atoms with Gasteiger partial charge >= 0.3 is 0 Å². The maximum Gasteiger partial charge on any atom is 0.162 e. The van der Waals surface area contributed by atoms with Gasteiger partial charge in [0.05, 0.1) is 27.8 Å². The monoisotopic (exact) mass is 651 g/mol. The molecule has 0 aliphatic rings. The number of rotatable bonds is 2. The van der Waals surface area contributed by atoms with Gasteiger partial charge in [0.1, 0.15) is 0 Å². The van der Waals surface area contributed by atoms with Crippen LogP contribution in [0.4, 0.5) is 0 Å². The van der Waals surface area contributed by atoms with Crippen LogP contribution in [-0.4, -0.2) is 14.4 Å². The van der Waals surface area contributed by atoms with Gasteiger partial charge in [-0.15, -0.1) is 11.3 Å². The van der Waals surface area contributed by atoms with E-state index >= 15 is 0 Å². The zero-order valence-electron chi connectivity index (χ0n) is 26.7. The Hall–Kier alpha value is -6.36. The summed E-state index contributed by atoms with van der Waals surface area (Å²) >= 11 is 1.84. The zero-order chi connectivity index (χ0) is 32.5. The summed E-state index contributed by atoms with van der Waals surface area (Å²) in [5.41, 5.74) is 7.66. The minimum absolute atomic E-state index is 0.735. The number of hydrogen-bond acceptors (Lipinski definition) is 3. The maximum absolute atomic E-state index is 5.52. The van der Waals surface area contributed by atoms with E-state index in [1.165, 1.54) is 74.3 Å². The van der Waals surface area contributed by atoms with Gasteiger partial charge in [-0.25, -0.2) is 9.97 Å². The summed E-state index contributed by atoms with van der Waals surface area (Å²) in [5, 5.41) is 13.6. The molecule has 0 radical (unpaired) electrons. The molecule has 3 nitrogen and oxygen atoms in total. The minimum Gasteiger partial charge on any atom is -0.307 e. The standard InChI is InChI=1S/C46H25N3S/c1-2-11-28-25-39-37(24-27(28)10-1)30-15-7-12-26-22-23-32-31-16-8-19-36(43(31)49(39)44(32)41(26)30)46-47-38-20-5-3-14-34(38)42(48-46)35-18-9-17-33-29-13-4-6-21-40(29)50-45(33)35/h1-25H. The van der Waals surface area contributed by atoms with Gasteiger partial charge in [0, 0.05) is 58.2 Å². The molecule has 4 aromatic heterocycles. The van der Waals surface area contributed by atoms with Crippen molar-refractivity contribution in [3.8, 4) is 22.6 Å². The second-order valence-corrected chi connectivity index (χ2v) is 14.4. The quantitative estimate of drug-likeness (QED) is 0.138. The lowest BCUT2D eigenvalue weighted by Gasteiger charge is -2.15. The summed E-state index contributed by atoms with van der Waals surface area (Å²) in [6.45, 7) is 0. The van der Waals surface area contributed by atoms with Crippen molar-refractivity contribution in [1.29, 1.82) is 0 Å². The van der Waals surface area contributed by atoms with E-state index in [2.05, 4.69) is 156 Å². The van der Waals surface area contributed by atoms with Crippen molar-refractivity contribution in [3.63, 3.8) is 0 Å². The van der Waals surface area contributed by atoms with Crippen molar-refractivity contribution in [3.05, 3.63) is 152 Å². The van der Waals surface area contributed by atoms with Crippen LogP contribution in [0.3, 0.4) is 0 Å². The highest BCUT2D eigenvalue weighted by atomic mass is 32.1. The van der Waals surface area contributed by atoms with E-state index in [1.54, 1.807) is 0 Å². The van der Waals surface area contributed by atoms with Gasteiger partial charge in [0.15, 0.2) is 5.82 Å². The normalized spacial score (nSPS) is 12.4. The number of aromatic nitrogens is 3.